The third-order valence-corrected chi connectivity index (χ3v) is 5.03. The van der Waals surface area contributed by atoms with Crippen LogP contribution in [0.25, 0.3) is 5.69 Å². The quantitative estimate of drug-likeness (QED) is 0.754. The molecule has 0 saturated carbocycles. The summed E-state index contributed by atoms with van der Waals surface area (Å²) in [5.74, 6) is 0. The van der Waals surface area contributed by atoms with Gasteiger partial charge in [0.1, 0.15) is 12.7 Å². The smallest absolute Gasteiger partial charge is 0.320 e. The largest absolute Gasteiger partial charge is 0.322 e. The van der Waals surface area contributed by atoms with Crippen molar-refractivity contribution in [2.24, 2.45) is 0 Å². The summed E-state index contributed by atoms with van der Waals surface area (Å²) in [6.07, 6.45) is 9.85. The van der Waals surface area contributed by atoms with Gasteiger partial charge in [-0.2, -0.15) is 5.10 Å². The molecule has 140 valence electrons. The Hall–Kier alpha value is -3.16. The fourth-order valence-electron chi connectivity index (χ4n) is 3.59. The molecule has 1 aliphatic rings. The summed E-state index contributed by atoms with van der Waals surface area (Å²) in [6, 6.07) is 8.03. The van der Waals surface area contributed by atoms with Crippen molar-refractivity contribution in [3.05, 3.63) is 54.9 Å². The number of anilines is 1. The molecule has 1 atom stereocenters. The number of urea groups is 1. The molecule has 0 bridgehead atoms. The van der Waals surface area contributed by atoms with Gasteiger partial charge in [-0.3, -0.25) is 9.25 Å². The van der Waals surface area contributed by atoms with Crippen molar-refractivity contribution in [2.45, 2.75) is 38.8 Å². The SMILES string of the molecule is CCc1ccc(-n2cnnc2)cc1NC(=O)N1CCC[C@@H]1Cn1cccn1. The number of aryl methyl sites for hydroxylation is 1. The maximum atomic E-state index is 13.0. The Morgan fingerprint density at radius 3 is 2.89 bits per heavy atom. The number of carbonyl (C=O) groups excluding carboxylic acids is 1. The van der Waals surface area contributed by atoms with Gasteiger partial charge in [0.05, 0.1) is 18.3 Å². The molecule has 1 fully saturated rings. The first-order valence-corrected chi connectivity index (χ1v) is 9.27. The molecule has 2 amide bonds. The highest BCUT2D eigenvalue weighted by atomic mass is 16.2. The zero-order chi connectivity index (χ0) is 18.6. The van der Waals surface area contributed by atoms with Gasteiger partial charge in [0.25, 0.3) is 0 Å². The molecule has 8 nitrogen and oxygen atoms in total. The number of nitrogens with one attached hydrogen (secondary N) is 1. The second kappa shape index (κ2) is 7.61. The number of amides is 2. The molecule has 8 heteroatoms. The molecule has 3 heterocycles. The standard InChI is InChI=1S/C19H23N7O/c1-2-15-6-7-16(24-13-20-21-14-24)11-18(15)23-19(27)26-10-3-5-17(26)12-25-9-4-8-22-25/h4,6-9,11,13-14,17H,2-3,5,10,12H2,1H3,(H,23,27)/t17-/m1/s1. The van der Waals surface area contributed by atoms with Gasteiger partial charge < -0.3 is 10.2 Å². The number of likely N-dealkylation sites (tertiary alicyclic amines) is 1. The Morgan fingerprint density at radius 1 is 1.30 bits per heavy atom. The lowest BCUT2D eigenvalue weighted by atomic mass is 10.1. The summed E-state index contributed by atoms with van der Waals surface area (Å²) in [6.45, 7) is 3.58. The topological polar surface area (TPSA) is 80.9 Å². The number of aromatic nitrogens is 5. The molecule has 0 unspecified atom stereocenters. The highest BCUT2D eigenvalue weighted by Gasteiger charge is 2.29. The third kappa shape index (κ3) is 3.69. The van der Waals surface area contributed by atoms with Crippen molar-refractivity contribution in [2.75, 3.05) is 11.9 Å². The van der Waals surface area contributed by atoms with E-state index >= 15 is 0 Å². The van der Waals surface area contributed by atoms with Crippen molar-refractivity contribution >= 4 is 11.7 Å². The van der Waals surface area contributed by atoms with Crippen LogP contribution in [-0.4, -0.2) is 48.1 Å². The number of carbonyl (C=O) groups is 1. The van der Waals surface area contributed by atoms with E-state index in [9.17, 15) is 4.79 Å². The Kier molecular flexibility index (Phi) is 4.86. The zero-order valence-corrected chi connectivity index (χ0v) is 15.3. The first kappa shape index (κ1) is 17.3. The second-order valence-corrected chi connectivity index (χ2v) is 6.71. The van der Waals surface area contributed by atoms with Crippen molar-refractivity contribution in [3.63, 3.8) is 0 Å². The Morgan fingerprint density at radius 2 is 2.15 bits per heavy atom. The molecule has 1 saturated heterocycles. The lowest BCUT2D eigenvalue weighted by Gasteiger charge is -2.25. The van der Waals surface area contributed by atoms with Crippen LogP contribution in [0.1, 0.15) is 25.3 Å². The van der Waals surface area contributed by atoms with E-state index in [2.05, 4.69) is 27.5 Å². The highest BCUT2D eigenvalue weighted by Crippen LogP contribution is 2.24. The number of benzene rings is 1. The zero-order valence-electron chi connectivity index (χ0n) is 15.3. The summed E-state index contributed by atoms with van der Waals surface area (Å²) in [5.41, 5.74) is 2.85. The molecule has 1 aliphatic heterocycles. The highest BCUT2D eigenvalue weighted by molar-refractivity contribution is 5.91. The van der Waals surface area contributed by atoms with Gasteiger partial charge in [0, 0.05) is 24.6 Å². The Balaban J connectivity index is 1.52. The Labute approximate surface area is 157 Å². The molecule has 0 aliphatic carbocycles. The molecule has 0 radical (unpaired) electrons. The summed E-state index contributed by atoms with van der Waals surface area (Å²) >= 11 is 0. The molecule has 1 N–H and O–H groups in total. The minimum atomic E-state index is -0.0553. The van der Waals surface area contributed by atoms with Gasteiger partial charge >= 0.3 is 6.03 Å². The first-order chi connectivity index (χ1) is 13.2. The van der Waals surface area contributed by atoms with Crippen LogP contribution in [0.5, 0.6) is 0 Å². The van der Waals surface area contributed by atoms with Crippen molar-refractivity contribution in [1.29, 1.82) is 0 Å². The summed E-state index contributed by atoms with van der Waals surface area (Å²) in [7, 11) is 0. The summed E-state index contributed by atoms with van der Waals surface area (Å²) in [4.78, 5) is 14.9. The lowest BCUT2D eigenvalue weighted by molar-refractivity contribution is 0.199. The van der Waals surface area contributed by atoms with E-state index < -0.39 is 0 Å². The Bertz CT molecular complexity index is 889. The van der Waals surface area contributed by atoms with Gasteiger partial charge in [-0.05, 0) is 43.0 Å². The van der Waals surface area contributed by atoms with E-state index in [0.717, 1.165) is 49.3 Å². The fraction of sp³-hybridized carbons (Fsp3) is 0.368. The van der Waals surface area contributed by atoms with E-state index in [0.29, 0.717) is 0 Å². The fourth-order valence-corrected chi connectivity index (χ4v) is 3.59. The van der Waals surface area contributed by atoms with Crippen LogP contribution in [-0.2, 0) is 13.0 Å². The molecule has 4 rings (SSSR count). The van der Waals surface area contributed by atoms with Gasteiger partial charge in [-0.15, -0.1) is 10.2 Å². The third-order valence-electron chi connectivity index (χ3n) is 5.03. The van der Waals surface area contributed by atoms with Crippen LogP contribution in [0.15, 0.2) is 49.3 Å². The van der Waals surface area contributed by atoms with Crippen molar-refractivity contribution < 1.29 is 4.79 Å². The van der Waals surface area contributed by atoms with E-state index in [1.165, 1.54) is 0 Å². The van der Waals surface area contributed by atoms with E-state index in [4.69, 9.17) is 0 Å². The molecule has 3 aromatic rings. The van der Waals surface area contributed by atoms with Crippen molar-refractivity contribution in [3.8, 4) is 5.69 Å². The predicted molar refractivity (Wildman–Crippen MR) is 102 cm³/mol. The monoisotopic (exact) mass is 365 g/mol. The maximum Gasteiger partial charge on any atom is 0.322 e. The van der Waals surface area contributed by atoms with E-state index in [1.54, 1.807) is 18.9 Å². The molecule has 1 aromatic carbocycles. The van der Waals surface area contributed by atoms with Crippen molar-refractivity contribution in [1.82, 2.24) is 29.4 Å². The minimum Gasteiger partial charge on any atom is -0.320 e. The van der Waals surface area contributed by atoms with Crippen LogP contribution in [0.3, 0.4) is 0 Å². The van der Waals surface area contributed by atoms with Crippen LogP contribution in [0, 0.1) is 0 Å². The van der Waals surface area contributed by atoms with Gasteiger partial charge in [-0.1, -0.05) is 13.0 Å². The van der Waals surface area contributed by atoms with Crippen LogP contribution < -0.4 is 5.32 Å². The molecule has 2 aromatic heterocycles. The molecular formula is C19H23N7O. The van der Waals surface area contributed by atoms with Gasteiger partial charge in [0.2, 0.25) is 0 Å². The summed E-state index contributed by atoms with van der Waals surface area (Å²) < 4.78 is 3.71. The summed E-state index contributed by atoms with van der Waals surface area (Å²) in [5, 5.41) is 15.1. The van der Waals surface area contributed by atoms with Gasteiger partial charge in [0.15, 0.2) is 0 Å². The predicted octanol–water partition coefficient (Wildman–Crippen LogP) is 2.72. The number of rotatable bonds is 5. The average Bonchev–Trinajstić information content (AvgIpc) is 3.44. The van der Waals surface area contributed by atoms with Gasteiger partial charge in [-0.25, -0.2) is 4.79 Å². The van der Waals surface area contributed by atoms with Crippen LogP contribution in [0.2, 0.25) is 0 Å². The lowest BCUT2D eigenvalue weighted by Crippen LogP contribution is -2.41. The number of hydrogen-bond donors (Lipinski definition) is 1. The number of nitrogens with zero attached hydrogens (tertiary/aromatic N) is 6. The van der Waals surface area contributed by atoms with E-state index in [1.807, 2.05) is 44.6 Å². The molecule has 0 spiro atoms. The molecular weight excluding hydrogens is 342 g/mol. The van der Waals surface area contributed by atoms with Crippen LogP contribution in [0.4, 0.5) is 10.5 Å². The maximum absolute atomic E-state index is 13.0. The minimum absolute atomic E-state index is 0.0553. The number of hydrogen-bond acceptors (Lipinski definition) is 4. The molecule has 27 heavy (non-hydrogen) atoms. The van der Waals surface area contributed by atoms with E-state index in [-0.39, 0.29) is 12.1 Å². The first-order valence-electron chi connectivity index (χ1n) is 9.27. The second-order valence-electron chi connectivity index (χ2n) is 6.71. The van der Waals surface area contributed by atoms with Crippen LogP contribution >= 0.6 is 0 Å². The normalized spacial score (nSPS) is 16.6. The average molecular weight is 365 g/mol.